The largest absolute Gasteiger partial charge is 0.493 e. The number of hydrogen-bond donors (Lipinski definition) is 1. The Morgan fingerprint density at radius 2 is 2.12 bits per heavy atom. The van der Waals surface area contributed by atoms with E-state index in [1.54, 1.807) is 7.11 Å². The van der Waals surface area contributed by atoms with Crippen molar-refractivity contribution in [2.75, 3.05) is 13.7 Å². The van der Waals surface area contributed by atoms with Crippen LogP contribution in [0.3, 0.4) is 0 Å². The molecule has 2 N–H and O–H groups in total. The van der Waals surface area contributed by atoms with Gasteiger partial charge in [-0.3, -0.25) is 0 Å². The molecule has 1 rings (SSSR count). The Kier molecular flexibility index (Phi) is 5.77. The number of thiocarbonyl (C=S) groups is 1. The van der Waals surface area contributed by atoms with Crippen LogP contribution in [0.1, 0.15) is 25.3 Å². The summed E-state index contributed by atoms with van der Waals surface area (Å²) in [5, 5.41) is 0. The fraction of sp³-hybridized carbons (Fsp3) is 0.462. The van der Waals surface area contributed by atoms with Crippen LogP contribution in [0.15, 0.2) is 18.2 Å². The molecule has 0 spiro atoms. The molecule has 0 aliphatic carbocycles. The van der Waals surface area contributed by atoms with E-state index in [1.807, 2.05) is 18.2 Å². The molecule has 0 aromatic heterocycles. The van der Waals surface area contributed by atoms with E-state index in [0.29, 0.717) is 18.0 Å². The van der Waals surface area contributed by atoms with Crippen LogP contribution in [-0.4, -0.2) is 18.7 Å². The molecule has 0 amide bonds. The first kappa shape index (κ1) is 13.8. The van der Waals surface area contributed by atoms with Crippen LogP contribution < -0.4 is 15.2 Å². The molecular weight excluding hydrogens is 234 g/mol. The summed E-state index contributed by atoms with van der Waals surface area (Å²) >= 11 is 4.80. The smallest absolute Gasteiger partial charge is 0.161 e. The molecule has 0 bridgehead atoms. The van der Waals surface area contributed by atoms with Crippen molar-refractivity contribution >= 4 is 17.2 Å². The van der Waals surface area contributed by atoms with Gasteiger partial charge in [-0.1, -0.05) is 25.2 Å². The second-order valence-electron chi connectivity index (χ2n) is 3.76. The van der Waals surface area contributed by atoms with Gasteiger partial charge in [0.25, 0.3) is 0 Å². The van der Waals surface area contributed by atoms with Crippen LogP contribution >= 0.6 is 12.2 Å². The molecule has 1 aromatic rings. The third-order valence-electron chi connectivity index (χ3n) is 2.46. The predicted molar refractivity (Wildman–Crippen MR) is 73.9 cm³/mol. The van der Waals surface area contributed by atoms with Crippen molar-refractivity contribution in [3.05, 3.63) is 23.8 Å². The highest BCUT2D eigenvalue weighted by Crippen LogP contribution is 2.28. The zero-order chi connectivity index (χ0) is 12.7. The lowest BCUT2D eigenvalue weighted by Gasteiger charge is -2.11. The first-order valence-electron chi connectivity index (χ1n) is 5.75. The van der Waals surface area contributed by atoms with Crippen molar-refractivity contribution in [3.63, 3.8) is 0 Å². The van der Waals surface area contributed by atoms with Crippen molar-refractivity contribution < 1.29 is 9.47 Å². The molecule has 0 radical (unpaired) electrons. The second-order valence-corrected chi connectivity index (χ2v) is 4.28. The van der Waals surface area contributed by atoms with Crippen LogP contribution in [0.4, 0.5) is 0 Å². The fourth-order valence-electron chi connectivity index (χ4n) is 1.48. The number of methoxy groups -OCH3 is 1. The molecule has 17 heavy (non-hydrogen) atoms. The molecule has 0 saturated heterocycles. The standard InChI is InChI=1S/C13H19NO2S/c1-3-10-6-7-11(12(9-10)15-2)16-8-4-5-13(14)17/h6-7,9H,3-5,8H2,1-2H3,(H2,14,17). The van der Waals surface area contributed by atoms with Crippen molar-refractivity contribution in [1.29, 1.82) is 0 Å². The maximum absolute atomic E-state index is 5.64. The van der Waals surface area contributed by atoms with Gasteiger partial charge in [-0.15, -0.1) is 0 Å². The Morgan fingerprint density at radius 1 is 1.35 bits per heavy atom. The molecule has 4 heteroatoms. The number of benzene rings is 1. The quantitative estimate of drug-likeness (QED) is 0.599. The van der Waals surface area contributed by atoms with Crippen molar-refractivity contribution in [3.8, 4) is 11.5 Å². The second kappa shape index (κ2) is 7.12. The van der Waals surface area contributed by atoms with Crippen LogP contribution in [0.2, 0.25) is 0 Å². The third kappa shape index (κ3) is 4.61. The van der Waals surface area contributed by atoms with Gasteiger partial charge in [0.2, 0.25) is 0 Å². The molecule has 94 valence electrons. The minimum Gasteiger partial charge on any atom is -0.493 e. The van der Waals surface area contributed by atoms with Gasteiger partial charge in [0.05, 0.1) is 18.7 Å². The molecule has 0 atom stereocenters. The van der Waals surface area contributed by atoms with Crippen molar-refractivity contribution in [2.24, 2.45) is 5.73 Å². The van der Waals surface area contributed by atoms with Crippen LogP contribution in [0, 0.1) is 0 Å². The summed E-state index contributed by atoms with van der Waals surface area (Å²) in [6.07, 6.45) is 2.52. The predicted octanol–water partition coefficient (Wildman–Crippen LogP) is 2.70. The summed E-state index contributed by atoms with van der Waals surface area (Å²) in [4.78, 5) is 0.530. The monoisotopic (exact) mass is 253 g/mol. The van der Waals surface area contributed by atoms with E-state index in [9.17, 15) is 0 Å². The summed E-state index contributed by atoms with van der Waals surface area (Å²) in [5.41, 5.74) is 6.65. The van der Waals surface area contributed by atoms with E-state index in [4.69, 9.17) is 27.4 Å². The lowest BCUT2D eigenvalue weighted by atomic mass is 10.1. The number of ether oxygens (including phenoxy) is 2. The minimum atomic E-state index is 0.530. The molecule has 1 aromatic carbocycles. The lowest BCUT2D eigenvalue weighted by Crippen LogP contribution is -2.09. The Labute approximate surface area is 108 Å². The Balaban J connectivity index is 2.55. The summed E-state index contributed by atoms with van der Waals surface area (Å²) in [7, 11) is 1.65. The Morgan fingerprint density at radius 3 is 2.71 bits per heavy atom. The zero-order valence-corrected chi connectivity index (χ0v) is 11.2. The highest BCUT2D eigenvalue weighted by atomic mass is 32.1. The number of aryl methyl sites for hydroxylation is 1. The third-order valence-corrected chi connectivity index (χ3v) is 2.67. The van der Waals surface area contributed by atoms with E-state index in [2.05, 4.69) is 6.92 Å². The summed E-state index contributed by atoms with van der Waals surface area (Å²) in [6.45, 7) is 2.71. The lowest BCUT2D eigenvalue weighted by molar-refractivity contribution is 0.291. The van der Waals surface area contributed by atoms with Gasteiger partial charge in [0, 0.05) is 6.42 Å². The van der Waals surface area contributed by atoms with Gasteiger partial charge in [0.1, 0.15) is 0 Å². The summed E-state index contributed by atoms with van der Waals surface area (Å²) in [5.74, 6) is 1.55. The highest BCUT2D eigenvalue weighted by molar-refractivity contribution is 7.80. The van der Waals surface area contributed by atoms with Crippen molar-refractivity contribution in [2.45, 2.75) is 26.2 Å². The molecule has 0 fully saturated rings. The highest BCUT2D eigenvalue weighted by Gasteiger charge is 2.04. The molecule has 0 heterocycles. The Bertz CT molecular complexity index is 380. The van der Waals surface area contributed by atoms with Crippen LogP contribution in [0.5, 0.6) is 11.5 Å². The fourth-order valence-corrected chi connectivity index (χ4v) is 1.62. The number of hydrogen-bond acceptors (Lipinski definition) is 3. The first-order chi connectivity index (χ1) is 8.17. The van der Waals surface area contributed by atoms with Gasteiger partial charge in [-0.05, 0) is 30.5 Å². The minimum absolute atomic E-state index is 0.530. The van der Waals surface area contributed by atoms with Gasteiger partial charge in [-0.2, -0.15) is 0 Å². The van der Waals surface area contributed by atoms with Crippen LogP contribution in [-0.2, 0) is 6.42 Å². The van der Waals surface area contributed by atoms with Gasteiger partial charge in [-0.25, -0.2) is 0 Å². The van der Waals surface area contributed by atoms with Crippen LogP contribution in [0.25, 0.3) is 0 Å². The van der Waals surface area contributed by atoms with E-state index in [-0.39, 0.29) is 0 Å². The van der Waals surface area contributed by atoms with Gasteiger partial charge < -0.3 is 15.2 Å². The SMILES string of the molecule is CCc1ccc(OCCCC(N)=S)c(OC)c1. The van der Waals surface area contributed by atoms with Crippen molar-refractivity contribution in [1.82, 2.24) is 0 Å². The number of rotatable bonds is 7. The zero-order valence-electron chi connectivity index (χ0n) is 10.4. The average Bonchev–Trinajstić information content (AvgIpc) is 2.34. The summed E-state index contributed by atoms with van der Waals surface area (Å²) < 4.78 is 10.9. The topological polar surface area (TPSA) is 44.5 Å². The maximum Gasteiger partial charge on any atom is 0.161 e. The molecule has 3 nitrogen and oxygen atoms in total. The Hall–Kier alpha value is -1.29. The first-order valence-corrected chi connectivity index (χ1v) is 6.16. The molecule has 0 saturated carbocycles. The van der Waals surface area contributed by atoms with E-state index < -0.39 is 0 Å². The molecule has 0 unspecified atom stereocenters. The number of nitrogens with two attached hydrogens (primary N) is 1. The van der Waals surface area contributed by atoms with E-state index >= 15 is 0 Å². The van der Waals surface area contributed by atoms with Gasteiger partial charge in [0.15, 0.2) is 11.5 Å². The average molecular weight is 253 g/mol. The molecule has 0 aliphatic heterocycles. The molecule has 0 aliphatic rings. The molecular formula is C13H19NO2S. The normalized spacial score (nSPS) is 10.0. The van der Waals surface area contributed by atoms with Gasteiger partial charge >= 0.3 is 0 Å². The van der Waals surface area contributed by atoms with E-state index in [1.165, 1.54) is 5.56 Å². The maximum atomic E-state index is 5.64. The van der Waals surface area contributed by atoms with E-state index in [0.717, 1.165) is 24.3 Å². The summed E-state index contributed by atoms with van der Waals surface area (Å²) in [6, 6.07) is 5.99.